The van der Waals surface area contributed by atoms with E-state index in [1.807, 2.05) is 24.4 Å². The number of hydrogen-bond donors (Lipinski definition) is 3. The van der Waals surface area contributed by atoms with E-state index in [-0.39, 0.29) is 18.3 Å². The lowest BCUT2D eigenvalue weighted by molar-refractivity contribution is -0.121. The summed E-state index contributed by atoms with van der Waals surface area (Å²) in [6.45, 7) is 2.82. The quantitative estimate of drug-likeness (QED) is 0.744. The van der Waals surface area contributed by atoms with Crippen molar-refractivity contribution in [2.45, 2.75) is 25.7 Å². The third-order valence-electron chi connectivity index (χ3n) is 4.39. The molecule has 0 aliphatic carbocycles. The van der Waals surface area contributed by atoms with Gasteiger partial charge >= 0.3 is 0 Å². The molecule has 4 nitrogen and oxygen atoms in total. The topological polar surface area (TPSA) is 56.9 Å². The highest BCUT2D eigenvalue weighted by atomic mass is 35.5. The van der Waals surface area contributed by atoms with Crippen molar-refractivity contribution in [3.05, 3.63) is 35.0 Å². The first-order valence-corrected chi connectivity index (χ1v) is 8.33. The van der Waals surface area contributed by atoms with Crippen LogP contribution in [-0.4, -0.2) is 30.5 Å². The van der Waals surface area contributed by atoms with E-state index >= 15 is 0 Å². The van der Waals surface area contributed by atoms with Gasteiger partial charge < -0.3 is 15.6 Å². The van der Waals surface area contributed by atoms with E-state index < -0.39 is 0 Å². The van der Waals surface area contributed by atoms with Crippen LogP contribution in [0.25, 0.3) is 10.9 Å². The number of carbonyl (C=O) groups excluding carboxylic acids is 1. The third-order valence-corrected chi connectivity index (χ3v) is 4.62. The maximum Gasteiger partial charge on any atom is 0.220 e. The van der Waals surface area contributed by atoms with Gasteiger partial charge in [0, 0.05) is 35.1 Å². The first kappa shape index (κ1) is 18.1. The molecule has 1 aromatic heterocycles. The minimum atomic E-state index is 0. The number of aromatic amines is 1. The van der Waals surface area contributed by atoms with Crippen molar-refractivity contribution in [3.63, 3.8) is 0 Å². The summed E-state index contributed by atoms with van der Waals surface area (Å²) in [6.07, 6.45) is 5.63. The predicted octanol–water partition coefficient (Wildman–Crippen LogP) is 3.29. The second-order valence-corrected chi connectivity index (χ2v) is 6.44. The number of carbonyl (C=O) groups is 1. The Labute approximate surface area is 147 Å². The van der Waals surface area contributed by atoms with Gasteiger partial charge in [-0.15, -0.1) is 12.4 Å². The molecule has 3 N–H and O–H groups in total. The van der Waals surface area contributed by atoms with Gasteiger partial charge in [-0.25, -0.2) is 0 Å². The predicted molar refractivity (Wildman–Crippen MR) is 97.5 cm³/mol. The summed E-state index contributed by atoms with van der Waals surface area (Å²) in [6, 6.07) is 5.83. The summed E-state index contributed by atoms with van der Waals surface area (Å²) in [4.78, 5) is 15.1. The normalized spacial score (nSPS) is 17.2. The smallest absolute Gasteiger partial charge is 0.220 e. The molecular weight excluding hydrogens is 333 g/mol. The molecule has 126 valence electrons. The van der Waals surface area contributed by atoms with Crippen molar-refractivity contribution in [2.75, 3.05) is 19.6 Å². The van der Waals surface area contributed by atoms with Crippen molar-refractivity contribution in [3.8, 4) is 0 Å². The number of H-pyrrole nitrogens is 1. The Morgan fingerprint density at radius 3 is 3.04 bits per heavy atom. The SMILES string of the molecule is Cl.O=C(CCC1CCNC1)NCCc1c[nH]c2ccc(Cl)cc12. The molecule has 1 unspecified atom stereocenters. The number of aromatic nitrogens is 1. The van der Waals surface area contributed by atoms with Gasteiger partial charge in [-0.2, -0.15) is 0 Å². The van der Waals surface area contributed by atoms with Crippen molar-refractivity contribution in [1.29, 1.82) is 0 Å². The van der Waals surface area contributed by atoms with Gasteiger partial charge in [0.25, 0.3) is 0 Å². The molecule has 0 bridgehead atoms. The average Bonchev–Trinajstić information content (AvgIpc) is 3.15. The van der Waals surface area contributed by atoms with Crippen LogP contribution in [0.1, 0.15) is 24.8 Å². The second-order valence-electron chi connectivity index (χ2n) is 6.00. The average molecular weight is 356 g/mol. The molecule has 2 aromatic rings. The van der Waals surface area contributed by atoms with Crippen LogP contribution in [-0.2, 0) is 11.2 Å². The molecule has 1 aliphatic rings. The van der Waals surface area contributed by atoms with Gasteiger partial charge in [0.05, 0.1) is 0 Å². The highest BCUT2D eigenvalue weighted by molar-refractivity contribution is 6.31. The zero-order chi connectivity index (χ0) is 15.4. The summed E-state index contributed by atoms with van der Waals surface area (Å²) < 4.78 is 0. The highest BCUT2D eigenvalue weighted by Crippen LogP contribution is 2.22. The van der Waals surface area contributed by atoms with Gasteiger partial charge in [0.2, 0.25) is 5.91 Å². The van der Waals surface area contributed by atoms with Crippen molar-refractivity contribution in [1.82, 2.24) is 15.6 Å². The molecule has 1 saturated heterocycles. The zero-order valence-electron chi connectivity index (χ0n) is 13.0. The van der Waals surface area contributed by atoms with E-state index in [0.29, 0.717) is 18.9 Å². The summed E-state index contributed by atoms with van der Waals surface area (Å²) in [7, 11) is 0. The monoisotopic (exact) mass is 355 g/mol. The number of rotatable bonds is 6. The van der Waals surface area contributed by atoms with Crippen LogP contribution in [0.2, 0.25) is 5.02 Å². The van der Waals surface area contributed by atoms with Crippen LogP contribution in [0.5, 0.6) is 0 Å². The minimum Gasteiger partial charge on any atom is -0.361 e. The van der Waals surface area contributed by atoms with E-state index in [2.05, 4.69) is 15.6 Å². The Morgan fingerprint density at radius 1 is 1.39 bits per heavy atom. The van der Waals surface area contributed by atoms with Crippen molar-refractivity contribution < 1.29 is 4.79 Å². The van der Waals surface area contributed by atoms with Gasteiger partial charge in [0.1, 0.15) is 0 Å². The third kappa shape index (κ3) is 4.87. The van der Waals surface area contributed by atoms with Gasteiger partial charge in [-0.05, 0) is 62.0 Å². The molecule has 1 aromatic carbocycles. The number of hydrogen-bond acceptors (Lipinski definition) is 2. The molecule has 1 fully saturated rings. The van der Waals surface area contributed by atoms with Crippen LogP contribution in [0.4, 0.5) is 0 Å². The molecular formula is C17H23Cl2N3O. The number of benzene rings is 1. The van der Waals surface area contributed by atoms with Gasteiger partial charge in [-0.1, -0.05) is 11.6 Å². The zero-order valence-corrected chi connectivity index (χ0v) is 14.6. The molecule has 3 rings (SSSR count). The van der Waals surface area contributed by atoms with E-state index in [0.717, 1.165) is 41.9 Å². The lowest BCUT2D eigenvalue weighted by atomic mass is 10.0. The Bertz CT molecular complexity index is 650. The van der Waals surface area contributed by atoms with Crippen LogP contribution in [0, 0.1) is 5.92 Å². The Balaban J connectivity index is 0.00000192. The van der Waals surface area contributed by atoms with E-state index in [1.54, 1.807) is 0 Å². The Kier molecular flexibility index (Phi) is 6.75. The van der Waals surface area contributed by atoms with Gasteiger partial charge in [0.15, 0.2) is 0 Å². The number of fused-ring (bicyclic) bond motifs is 1. The highest BCUT2D eigenvalue weighted by Gasteiger charge is 2.15. The second kappa shape index (κ2) is 8.57. The van der Waals surface area contributed by atoms with E-state index in [4.69, 9.17) is 11.6 Å². The molecule has 1 atom stereocenters. The molecule has 1 aliphatic heterocycles. The Morgan fingerprint density at radius 2 is 2.26 bits per heavy atom. The standard InChI is InChI=1S/C17H22ClN3O.ClH/c18-14-2-3-16-15(9-14)13(11-21-16)6-8-20-17(22)4-1-12-5-7-19-10-12;/h2-3,9,11-12,19,21H,1,4-8,10H2,(H,20,22);1H. The van der Waals surface area contributed by atoms with E-state index in [9.17, 15) is 4.79 Å². The van der Waals surface area contributed by atoms with Crippen LogP contribution in [0.3, 0.4) is 0 Å². The lowest BCUT2D eigenvalue weighted by Gasteiger charge is -2.08. The maximum absolute atomic E-state index is 11.9. The van der Waals surface area contributed by atoms with Crippen molar-refractivity contribution >= 4 is 40.8 Å². The van der Waals surface area contributed by atoms with Gasteiger partial charge in [-0.3, -0.25) is 4.79 Å². The lowest BCUT2D eigenvalue weighted by Crippen LogP contribution is -2.26. The summed E-state index contributed by atoms with van der Waals surface area (Å²) >= 11 is 6.05. The molecule has 0 saturated carbocycles. The molecule has 1 amide bonds. The van der Waals surface area contributed by atoms with Crippen LogP contribution in [0.15, 0.2) is 24.4 Å². The maximum atomic E-state index is 11.9. The fraction of sp³-hybridized carbons (Fsp3) is 0.471. The molecule has 2 heterocycles. The fourth-order valence-corrected chi connectivity index (χ4v) is 3.25. The van der Waals surface area contributed by atoms with Crippen molar-refractivity contribution in [2.24, 2.45) is 5.92 Å². The largest absolute Gasteiger partial charge is 0.361 e. The molecule has 0 spiro atoms. The van der Waals surface area contributed by atoms with E-state index in [1.165, 1.54) is 12.0 Å². The summed E-state index contributed by atoms with van der Waals surface area (Å²) in [5.41, 5.74) is 2.28. The summed E-state index contributed by atoms with van der Waals surface area (Å²) in [5.74, 6) is 0.825. The van der Waals surface area contributed by atoms with Crippen LogP contribution >= 0.6 is 24.0 Å². The minimum absolute atomic E-state index is 0. The molecule has 23 heavy (non-hydrogen) atoms. The molecule has 6 heteroatoms. The number of amides is 1. The van der Waals surface area contributed by atoms with Crippen LogP contribution < -0.4 is 10.6 Å². The number of nitrogens with one attached hydrogen (secondary N) is 3. The molecule has 0 radical (unpaired) electrons. The number of halogens is 2. The summed E-state index contributed by atoms with van der Waals surface area (Å²) in [5, 5.41) is 8.23. The Hall–Kier alpha value is -1.23. The fourth-order valence-electron chi connectivity index (χ4n) is 3.08. The first-order valence-electron chi connectivity index (χ1n) is 7.95. The first-order chi connectivity index (χ1) is 10.7.